The number of rotatable bonds is 4. The van der Waals surface area contributed by atoms with Gasteiger partial charge in [-0.25, -0.2) is 0 Å². The molecule has 0 amide bonds. The molecule has 124 valence electrons. The Morgan fingerprint density at radius 2 is 1.92 bits per heavy atom. The Morgan fingerprint density at radius 3 is 2.60 bits per heavy atom. The predicted molar refractivity (Wildman–Crippen MR) is 91.0 cm³/mol. The van der Waals surface area contributed by atoms with Crippen LogP contribution in [0.1, 0.15) is 11.4 Å². The summed E-state index contributed by atoms with van der Waals surface area (Å²) in [6, 6.07) is 14.9. The van der Waals surface area contributed by atoms with Gasteiger partial charge in [0, 0.05) is 22.1 Å². The number of furan rings is 1. The average Bonchev–Trinajstić information content (AvgIpc) is 3.19. The lowest BCUT2D eigenvalue weighted by Crippen LogP contribution is -2.00. The second-order valence-electron chi connectivity index (χ2n) is 5.70. The minimum Gasteiger partial charge on any atom is -0.481 e. The molecule has 4 rings (SSSR count). The molecule has 6 nitrogen and oxygen atoms in total. The molecule has 0 aliphatic heterocycles. The number of aromatic nitrogens is 2. The normalized spacial score (nSPS) is 11.1. The molecule has 0 spiro atoms. The van der Waals surface area contributed by atoms with Crippen LogP contribution in [-0.4, -0.2) is 21.2 Å². The molecule has 0 atom stereocenters. The van der Waals surface area contributed by atoms with Crippen LogP contribution >= 0.6 is 0 Å². The monoisotopic (exact) mass is 334 g/mol. The van der Waals surface area contributed by atoms with Crippen molar-refractivity contribution in [3.05, 3.63) is 59.9 Å². The Bertz CT molecular complexity index is 1060. The van der Waals surface area contributed by atoms with Crippen molar-refractivity contribution in [1.82, 2.24) is 10.1 Å². The highest BCUT2D eigenvalue weighted by atomic mass is 16.5. The number of benzene rings is 2. The molecule has 2 aromatic heterocycles. The first-order valence-electron chi connectivity index (χ1n) is 7.75. The van der Waals surface area contributed by atoms with E-state index < -0.39 is 5.97 Å². The Balaban J connectivity index is 1.93. The van der Waals surface area contributed by atoms with Gasteiger partial charge in [0.15, 0.2) is 5.82 Å². The number of carboxylic acid groups (broad SMARTS) is 1. The molecule has 6 heteroatoms. The summed E-state index contributed by atoms with van der Waals surface area (Å²) in [6.45, 7) is 1.74. The van der Waals surface area contributed by atoms with Crippen LogP contribution in [0.5, 0.6) is 0 Å². The summed E-state index contributed by atoms with van der Waals surface area (Å²) in [5, 5.41) is 13.8. The van der Waals surface area contributed by atoms with Gasteiger partial charge in [-0.2, -0.15) is 4.98 Å². The maximum atomic E-state index is 11.4. The van der Waals surface area contributed by atoms with Gasteiger partial charge in [-0.3, -0.25) is 4.79 Å². The highest BCUT2D eigenvalue weighted by Crippen LogP contribution is 2.36. The fraction of sp³-hybridized carbons (Fsp3) is 0.105. The largest absolute Gasteiger partial charge is 0.481 e. The van der Waals surface area contributed by atoms with Crippen molar-refractivity contribution in [2.24, 2.45) is 0 Å². The first kappa shape index (κ1) is 15.1. The van der Waals surface area contributed by atoms with Gasteiger partial charge in [0.25, 0.3) is 5.89 Å². The lowest BCUT2D eigenvalue weighted by atomic mass is 10.0. The Kier molecular flexibility index (Phi) is 3.57. The predicted octanol–water partition coefficient (Wildman–Crippen LogP) is 4.09. The third-order valence-corrected chi connectivity index (χ3v) is 3.93. The molecule has 0 aliphatic carbocycles. The second kappa shape index (κ2) is 5.90. The fourth-order valence-corrected chi connectivity index (χ4v) is 2.85. The van der Waals surface area contributed by atoms with E-state index in [1.807, 2.05) is 42.5 Å². The molecule has 4 aromatic rings. The molecule has 1 N–H and O–H groups in total. The van der Waals surface area contributed by atoms with Crippen molar-refractivity contribution in [3.63, 3.8) is 0 Å². The smallest absolute Gasteiger partial charge is 0.307 e. The third-order valence-electron chi connectivity index (χ3n) is 3.93. The molecule has 0 saturated heterocycles. The zero-order valence-electron chi connectivity index (χ0n) is 13.4. The quantitative estimate of drug-likeness (QED) is 0.605. The van der Waals surface area contributed by atoms with Gasteiger partial charge in [0.05, 0.1) is 6.42 Å². The number of carboxylic acids is 1. The van der Waals surface area contributed by atoms with Crippen LogP contribution in [0.15, 0.2) is 57.5 Å². The molecule has 2 heterocycles. The van der Waals surface area contributed by atoms with Crippen LogP contribution in [-0.2, 0) is 11.2 Å². The molecular weight excluding hydrogens is 320 g/mol. The number of fused-ring (bicyclic) bond motifs is 1. The number of aliphatic carboxylic acids is 1. The zero-order valence-corrected chi connectivity index (χ0v) is 13.4. The van der Waals surface area contributed by atoms with E-state index >= 15 is 0 Å². The molecule has 0 unspecified atom stereocenters. The van der Waals surface area contributed by atoms with E-state index in [0.29, 0.717) is 28.6 Å². The third kappa shape index (κ3) is 2.78. The number of carbonyl (C=O) groups is 1. The van der Waals surface area contributed by atoms with Crippen molar-refractivity contribution >= 4 is 16.9 Å². The molecular formula is C19H14N2O4. The molecule has 0 radical (unpaired) electrons. The first-order valence-corrected chi connectivity index (χ1v) is 7.75. The number of hydrogen-bond donors (Lipinski definition) is 1. The van der Waals surface area contributed by atoms with E-state index in [4.69, 9.17) is 8.94 Å². The Hall–Kier alpha value is -3.41. The van der Waals surface area contributed by atoms with Crippen molar-refractivity contribution in [2.45, 2.75) is 13.3 Å². The maximum Gasteiger partial charge on any atom is 0.307 e. The van der Waals surface area contributed by atoms with E-state index in [-0.39, 0.29) is 6.42 Å². The highest BCUT2D eigenvalue weighted by molar-refractivity contribution is 5.93. The minimum absolute atomic E-state index is 0.135. The van der Waals surface area contributed by atoms with E-state index in [9.17, 15) is 9.90 Å². The number of aryl methyl sites for hydroxylation is 1. The summed E-state index contributed by atoms with van der Waals surface area (Å²) < 4.78 is 11.2. The van der Waals surface area contributed by atoms with Gasteiger partial charge in [0.2, 0.25) is 0 Å². The van der Waals surface area contributed by atoms with Gasteiger partial charge in [-0.05, 0) is 25.1 Å². The first-order chi connectivity index (χ1) is 12.1. The van der Waals surface area contributed by atoms with Gasteiger partial charge in [0.1, 0.15) is 11.3 Å². The summed E-state index contributed by atoms with van der Waals surface area (Å²) in [7, 11) is 0. The van der Waals surface area contributed by atoms with Crippen LogP contribution < -0.4 is 0 Å². The van der Waals surface area contributed by atoms with Crippen LogP contribution in [0.3, 0.4) is 0 Å². The summed E-state index contributed by atoms with van der Waals surface area (Å²) in [5.74, 6) is 0.580. The summed E-state index contributed by atoms with van der Waals surface area (Å²) in [4.78, 5) is 15.6. The Morgan fingerprint density at radius 1 is 1.12 bits per heavy atom. The van der Waals surface area contributed by atoms with Gasteiger partial charge in [-0.1, -0.05) is 35.5 Å². The van der Waals surface area contributed by atoms with Crippen LogP contribution in [0, 0.1) is 6.92 Å². The average molecular weight is 334 g/mol. The van der Waals surface area contributed by atoms with Crippen LogP contribution in [0.25, 0.3) is 33.7 Å². The van der Waals surface area contributed by atoms with Gasteiger partial charge >= 0.3 is 5.97 Å². The van der Waals surface area contributed by atoms with Crippen LogP contribution in [0.4, 0.5) is 0 Å². The van der Waals surface area contributed by atoms with E-state index in [1.165, 1.54) is 0 Å². The van der Waals surface area contributed by atoms with E-state index in [0.717, 1.165) is 16.5 Å². The molecule has 2 aromatic carbocycles. The summed E-state index contributed by atoms with van der Waals surface area (Å²) >= 11 is 0. The Labute approximate surface area is 142 Å². The van der Waals surface area contributed by atoms with Crippen molar-refractivity contribution in [1.29, 1.82) is 0 Å². The SMILES string of the molecule is Cc1noc(-c2ccc3oc(-c4ccccc4)c(CC(=O)O)c3c2)n1. The fourth-order valence-electron chi connectivity index (χ4n) is 2.85. The molecule has 25 heavy (non-hydrogen) atoms. The molecule has 0 bridgehead atoms. The number of hydrogen-bond acceptors (Lipinski definition) is 5. The lowest BCUT2D eigenvalue weighted by Gasteiger charge is -2.01. The van der Waals surface area contributed by atoms with E-state index in [1.54, 1.807) is 13.0 Å². The molecule has 0 fully saturated rings. The number of nitrogens with zero attached hydrogens (tertiary/aromatic N) is 2. The minimum atomic E-state index is -0.918. The molecule has 0 saturated carbocycles. The van der Waals surface area contributed by atoms with Crippen molar-refractivity contribution in [3.8, 4) is 22.8 Å². The van der Waals surface area contributed by atoms with Gasteiger partial charge in [-0.15, -0.1) is 0 Å². The van der Waals surface area contributed by atoms with Crippen LogP contribution in [0.2, 0.25) is 0 Å². The highest BCUT2D eigenvalue weighted by Gasteiger charge is 2.19. The lowest BCUT2D eigenvalue weighted by molar-refractivity contribution is -0.136. The molecule has 0 aliphatic rings. The zero-order chi connectivity index (χ0) is 17.4. The maximum absolute atomic E-state index is 11.4. The van der Waals surface area contributed by atoms with Gasteiger partial charge < -0.3 is 14.0 Å². The topological polar surface area (TPSA) is 89.4 Å². The summed E-state index contributed by atoms with van der Waals surface area (Å²) in [5.41, 5.74) is 2.81. The van der Waals surface area contributed by atoms with Crippen molar-refractivity contribution < 1.29 is 18.8 Å². The summed E-state index contributed by atoms with van der Waals surface area (Å²) in [6.07, 6.45) is -0.135. The van der Waals surface area contributed by atoms with Crippen molar-refractivity contribution in [2.75, 3.05) is 0 Å². The standard InChI is InChI=1S/C19H14N2O4/c1-11-20-19(25-21-11)13-7-8-16-14(9-13)15(10-17(22)23)18(24-16)12-5-3-2-4-6-12/h2-9H,10H2,1H3,(H,22,23). The van der Waals surface area contributed by atoms with E-state index in [2.05, 4.69) is 10.1 Å². The second-order valence-corrected chi connectivity index (χ2v) is 5.70.